The van der Waals surface area contributed by atoms with Gasteiger partial charge in [-0.1, -0.05) is 24.3 Å². The highest BCUT2D eigenvalue weighted by molar-refractivity contribution is 6.12. The number of hydrogen-bond acceptors (Lipinski definition) is 4. The molecule has 0 saturated heterocycles. The molecule has 1 atom stereocenters. The average Bonchev–Trinajstić information content (AvgIpc) is 2.75. The maximum absolute atomic E-state index is 13.3. The van der Waals surface area contributed by atoms with E-state index in [9.17, 15) is 9.59 Å². The van der Waals surface area contributed by atoms with E-state index >= 15 is 0 Å². The molecule has 2 N–H and O–H groups in total. The van der Waals surface area contributed by atoms with Crippen molar-refractivity contribution < 1.29 is 19.4 Å². The van der Waals surface area contributed by atoms with Gasteiger partial charge in [0.1, 0.15) is 11.9 Å². The second-order valence-electron chi connectivity index (χ2n) is 6.62. The van der Waals surface area contributed by atoms with Crippen LogP contribution in [0.15, 0.2) is 72.8 Å². The van der Waals surface area contributed by atoms with Crippen LogP contribution in [0.2, 0.25) is 0 Å². The quantitative estimate of drug-likeness (QED) is 0.670. The van der Waals surface area contributed by atoms with Crippen LogP contribution in [-0.2, 0) is 0 Å². The van der Waals surface area contributed by atoms with Gasteiger partial charge in [-0.25, -0.2) is 4.79 Å². The van der Waals surface area contributed by atoms with Crippen molar-refractivity contribution in [3.63, 3.8) is 0 Å². The Morgan fingerprint density at radius 1 is 1.03 bits per heavy atom. The number of nitrogens with one attached hydrogen (secondary N) is 1. The Kier molecular flexibility index (Phi) is 4.91. The fraction of sp³-hybridized carbons (Fsp3) is 0.130. The summed E-state index contributed by atoms with van der Waals surface area (Å²) in [5.41, 5.74) is 3.02. The van der Waals surface area contributed by atoms with Crippen molar-refractivity contribution in [1.29, 1.82) is 0 Å². The first-order valence-corrected chi connectivity index (χ1v) is 9.33. The molecule has 0 fully saturated rings. The first-order chi connectivity index (χ1) is 14.1. The Labute approximate surface area is 168 Å². The molecule has 1 aliphatic heterocycles. The molecule has 29 heavy (non-hydrogen) atoms. The number of aromatic carboxylic acids is 1. The summed E-state index contributed by atoms with van der Waals surface area (Å²) < 4.78 is 5.50. The monoisotopic (exact) mass is 388 g/mol. The summed E-state index contributed by atoms with van der Waals surface area (Å²) in [4.78, 5) is 26.2. The first kappa shape index (κ1) is 18.6. The van der Waals surface area contributed by atoms with Gasteiger partial charge < -0.3 is 15.2 Å². The van der Waals surface area contributed by atoms with Crippen LogP contribution in [0.5, 0.6) is 5.75 Å². The van der Waals surface area contributed by atoms with Crippen LogP contribution >= 0.6 is 0 Å². The highest BCUT2D eigenvalue weighted by atomic mass is 16.5. The molecule has 1 heterocycles. The smallest absolute Gasteiger partial charge is 0.335 e. The van der Waals surface area contributed by atoms with Gasteiger partial charge in [0.25, 0.3) is 5.91 Å². The van der Waals surface area contributed by atoms with E-state index in [4.69, 9.17) is 9.84 Å². The lowest BCUT2D eigenvalue weighted by atomic mass is 10.0. The summed E-state index contributed by atoms with van der Waals surface area (Å²) >= 11 is 0. The molecule has 0 unspecified atom stereocenters. The number of carbonyl (C=O) groups is 2. The van der Waals surface area contributed by atoms with Crippen molar-refractivity contribution in [1.82, 2.24) is 0 Å². The minimum atomic E-state index is -0.988. The van der Waals surface area contributed by atoms with E-state index in [-0.39, 0.29) is 11.5 Å². The van der Waals surface area contributed by atoms with Crippen molar-refractivity contribution in [3.8, 4) is 5.75 Å². The molecular weight excluding hydrogens is 368 g/mol. The van der Waals surface area contributed by atoms with Crippen LogP contribution in [-0.4, -0.2) is 23.6 Å². The molecule has 0 bridgehead atoms. The first-order valence-electron chi connectivity index (χ1n) is 9.33. The summed E-state index contributed by atoms with van der Waals surface area (Å²) in [6.07, 6.45) is -0.474. The van der Waals surface area contributed by atoms with Crippen molar-refractivity contribution in [2.75, 3.05) is 16.8 Å². The second-order valence-corrected chi connectivity index (χ2v) is 6.62. The Hall–Kier alpha value is -3.80. The van der Waals surface area contributed by atoms with E-state index < -0.39 is 12.1 Å². The summed E-state index contributed by atoms with van der Waals surface area (Å²) in [5.74, 6) is -0.384. The van der Waals surface area contributed by atoms with Crippen LogP contribution in [0, 0.1) is 0 Å². The zero-order valence-corrected chi connectivity index (χ0v) is 15.8. The van der Waals surface area contributed by atoms with Gasteiger partial charge in [0.05, 0.1) is 17.7 Å². The number of amides is 1. The number of para-hydroxylation sites is 1. The molecular formula is C23H20N2O4. The van der Waals surface area contributed by atoms with Crippen LogP contribution in [0.25, 0.3) is 0 Å². The predicted octanol–water partition coefficient (Wildman–Crippen LogP) is 4.55. The van der Waals surface area contributed by atoms with Gasteiger partial charge in [-0.3, -0.25) is 9.69 Å². The van der Waals surface area contributed by atoms with Gasteiger partial charge in [0.2, 0.25) is 0 Å². The predicted molar refractivity (Wildman–Crippen MR) is 111 cm³/mol. The van der Waals surface area contributed by atoms with Crippen LogP contribution in [0.4, 0.5) is 11.4 Å². The van der Waals surface area contributed by atoms with E-state index in [1.54, 1.807) is 35.2 Å². The Morgan fingerprint density at radius 2 is 1.72 bits per heavy atom. The third-order valence-corrected chi connectivity index (χ3v) is 4.83. The number of carboxylic acids is 1. The number of hydrogen-bond donors (Lipinski definition) is 2. The van der Waals surface area contributed by atoms with E-state index in [0.29, 0.717) is 17.9 Å². The molecule has 4 rings (SSSR count). The molecule has 6 nitrogen and oxygen atoms in total. The van der Waals surface area contributed by atoms with E-state index in [0.717, 1.165) is 17.0 Å². The van der Waals surface area contributed by atoms with Gasteiger partial charge in [0.15, 0.2) is 0 Å². The highest BCUT2D eigenvalue weighted by Crippen LogP contribution is 2.37. The molecule has 6 heteroatoms. The number of anilines is 2. The number of carbonyl (C=O) groups excluding carboxylic acids is 1. The van der Waals surface area contributed by atoms with Crippen molar-refractivity contribution >= 4 is 23.3 Å². The molecule has 0 spiro atoms. The van der Waals surface area contributed by atoms with Gasteiger partial charge in [0, 0.05) is 11.4 Å². The third-order valence-electron chi connectivity index (χ3n) is 4.83. The van der Waals surface area contributed by atoms with Crippen LogP contribution in [0.3, 0.4) is 0 Å². The summed E-state index contributed by atoms with van der Waals surface area (Å²) in [6.45, 7) is 2.48. The number of benzene rings is 3. The van der Waals surface area contributed by atoms with Crippen LogP contribution in [0.1, 0.15) is 39.4 Å². The topological polar surface area (TPSA) is 78.9 Å². The molecule has 0 aliphatic carbocycles. The molecule has 0 aromatic heterocycles. The van der Waals surface area contributed by atoms with Crippen molar-refractivity contribution in [2.24, 2.45) is 0 Å². The normalized spacial score (nSPS) is 15.4. The zero-order chi connectivity index (χ0) is 20.4. The minimum absolute atomic E-state index is 0.129. The number of rotatable bonds is 5. The largest absolute Gasteiger partial charge is 0.494 e. The van der Waals surface area contributed by atoms with Gasteiger partial charge in [-0.2, -0.15) is 0 Å². The van der Waals surface area contributed by atoms with Crippen molar-refractivity contribution in [3.05, 3.63) is 89.5 Å². The number of nitrogens with zero attached hydrogens (tertiary/aromatic N) is 1. The Bertz CT molecular complexity index is 1050. The Balaban J connectivity index is 1.77. The van der Waals surface area contributed by atoms with Crippen molar-refractivity contribution in [2.45, 2.75) is 13.1 Å². The lowest BCUT2D eigenvalue weighted by Crippen LogP contribution is -2.43. The number of ether oxygens (including phenoxy) is 1. The zero-order valence-electron chi connectivity index (χ0n) is 15.8. The molecule has 146 valence electrons. The SMILES string of the molecule is CCOc1ccc(N2C(=O)c3ccccc3N[C@H]2c2ccc(C(=O)O)cc2)cc1. The van der Waals surface area contributed by atoms with Gasteiger partial charge in [-0.05, 0) is 61.0 Å². The maximum Gasteiger partial charge on any atom is 0.335 e. The minimum Gasteiger partial charge on any atom is -0.494 e. The third kappa shape index (κ3) is 3.52. The fourth-order valence-corrected chi connectivity index (χ4v) is 3.43. The maximum atomic E-state index is 13.3. The molecule has 3 aromatic rings. The number of carboxylic acid groups (broad SMARTS) is 1. The fourth-order valence-electron chi connectivity index (χ4n) is 3.43. The highest BCUT2D eigenvalue weighted by Gasteiger charge is 2.34. The lowest BCUT2D eigenvalue weighted by Gasteiger charge is -2.38. The van der Waals surface area contributed by atoms with Gasteiger partial charge in [-0.15, -0.1) is 0 Å². The lowest BCUT2D eigenvalue weighted by molar-refractivity contribution is 0.0696. The molecule has 0 saturated carbocycles. The van der Waals surface area contributed by atoms with E-state index in [2.05, 4.69) is 5.32 Å². The Morgan fingerprint density at radius 3 is 2.38 bits per heavy atom. The summed E-state index contributed by atoms with van der Waals surface area (Å²) in [6, 6.07) is 21.2. The van der Waals surface area contributed by atoms with E-state index in [1.165, 1.54) is 0 Å². The van der Waals surface area contributed by atoms with E-state index in [1.807, 2.05) is 49.4 Å². The molecule has 0 radical (unpaired) electrons. The number of fused-ring (bicyclic) bond motifs is 1. The standard InChI is InChI=1S/C23H20N2O4/c1-2-29-18-13-11-17(12-14-18)25-21(15-7-9-16(10-8-15)23(27)28)24-20-6-4-3-5-19(20)22(25)26/h3-14,21,24H,2H2,1H3,(H,27,28)/t21-/m1/s1. The molecule has 3 aromatic carbocycles. The second kappa shape index (κ2) is 7.67. The van der Waals surface area contributed by atoms with Crippen LogP contribution < -0.4 is 15.0 Å². The summed E-state index contributed by atoms with van der Waals surface area (Å²) in [7, 11) is 0. The molecule has 1 aliphatic rings. The molecule has 1 amide bonds. The average molecular weight is 388 g/mol. The summed E-state index contributed by atoms with van der Waals surface area (Å²) in [5, 5.41) is 12.6. The van der Waals surface area contributed by atoms with Gasteiger partial charge >= 0.3 is 5.97 Å².